The second-order valence-electron chi connectivity index (χ2n) is 4.65. The minimum Gasteiger partial charge on any atom is -0.455 e. The summed E-state index contributed by atoms with van der Waals surface area (Å²) in [4.78, 5) is 0. The van der Waals surface area contributed by atoms with Crippen molar-refractivity contribution in [1.82, 2.24) is 0 Å². The van der Waals surface area contributed by atoms with E-state index in [0.29, 0.717) is 33.0 Å². The first-order valence-electron chi connectivity index (χ1n) is 8.50. The second kappa shape index (κ2) is 15.1. The van der Waals surface area contributed by atoms with Gasteiger partial charge in [-0.05, 0) is 33.6 Å². The van der Waals surface area contributed by atoms with Crippen molar-refractivity contribution in [3.05, 3.63) is 0 Å². The molecular weight excluding hydrogens is 319 g/mol. The number of hydrogen-bond acceptors (Lipinski definition) is 6. The maximum absolute atomic E-state index is 6.02. The monoisotopic (exact) mass is 352 g/mol. The molecule has 0 amide bonds. The van der Waals surface area contributed by atoms with Gasteiger partial charge in [-0.15, -0.1) is 0 Å². The lowest BCUT2D eigenvalue weighted by Crippen LogP contribution is -2.54. The summed E-state index contributed by atoms with van der Waals surface area (Å²) in [6.45, 7) is 12.6. The predicted molar refractivity (Wildman–Crippen MR) is 89.2 cm³/mol. The van der Waals surface area contributed by atoms with E-state index in [1.54, 1.807) is 0 Å². The number of unbranched alkanes of at least 4 members (excludes halogenated alkanes) is 2. The molecule has 0 fully saturated rings. The molecule has 0 aliphatic rings. The van der Waals surface area contributed by atoms with Gasteiger partial charge in [-0.2, -0.15) is 0 Å². The third-order valence-electron chi connectivity index (χ3n) is 2.71. The maximum atomic E-state index is 6.02. The van der Waals surface area contributed by atoms with Crippen LogP contribution in [0.3, 0.4) is 0 Å². The summed E-state index contributed by atoms with van der Waals surface area (Å²) in [7, 11) is -3.17. The average molecular weight is 352 g/mol. The van der Waals surface area contributed by atoms with E-state index in [9.17, 15) is 0 Å². The summed E-state index contributed by atoms with van der Waals surface area (Å²) in [5.41, 5.74) is 0. The van der Waals surface area contributed by atoms with E-state index in [-0.39, 0.29) is 0 Å². The van der Waals surface area contributed by atoms with Crippen LogP contribution in [0.15, 0.2) is 0 Å². The largest absolute Gasteiger partial charge is 0.899 e. The summed E-state index contributed by atoms with van der Waals surface area (Å²) >= 11 is -2.33. The van der Waals surface area contributed by atoms with Crippen LogP contribution in [0.1, 0.15) is 60.3 Å². The molecule has 0 saturated heterocycles. The lowest BCUT2D eigenvalue weighted by Gasteiger charge is -2.29. The molecule has 0 aliphatic heterocycles. The van der Waals surface area contributed by atoms with Crippen molar-refractivity contribution < 1.29 is 24.3 Å². The highest BCUT2D eigenvalue weighted by atomic mass is 28.4. The molecule has 0 bridgehead atoms. The fourth-order valence-electron chi connectivity index (χ4n) is 1.64. The van der Waals surface area contributed by atoms with E-state index < -0.39 is 24.2 Å². The molecule has 22 heavy (non-hydrogen) atoms. The summed E-state index contributed by atoms with van der Waals surface area (Å²) in [6.07, 6.45) is 4.11. The van der Waals surface area contributed by atoms with Gasteiger partial charge in [0.25, 0.3) is 0 Å². The third-order valence-corrected chi connectivity index (χ3v) is 7.57. The van der Waals surface area contributed by atoms with Gasteiger partial charge in [0, 0.05) is 33.0 Å². The Labute approximate surface area is 142 Å². The highest BCUT2D eigenvalue weighted by Crippen LogP contribution is 2.15. The van der Waals surface area contributed by atoms with E-state index in [0.717, 1.165) is 25.7 Å². The molecule has 0 heterocycles. The van der Waals surface area contributed by atoms with Crippen LogP contribution in [-0.2, 0) is 24.3 Å². The molecule has 0 unspecified atom stereocenters. The van der Waals surface area contributed by atoms with Gasteiger partial charge in [0.2, 0.25) is 0 Å². The number of hydrogen-bond donors (Lipinski definition) is 0. The molecule has 0 rings (SSSR count). The molecule has 0 aromatic heterocycles. The Balaban J connectivity index is 4.72. The van der Waals surface area contributed by atoms with Crippen LogP contribution in [0.5, 0.6) is 0 Å². The summed E-state index contributed by atoms with van der Waals surface area (Å²) in [5, 5.41) is 0. The Kier molecular flexibility index (Phi) is 15.4. The van der Waals surface area contributed by atoms with Crippen LogP contribution < -0.4 is 0 Å². The lowest BCUT2D eigenvalue weighted by molar-refractivity contribution is -0.0139. The minimum absolute atomic E-state index is 0.470. The van der Waals surface area contributed by atoms with Crippen molar-refractivity contribution in [2.75, 3.05) is 33.0 Å². The molecule has 6 nitrogen and oxygen atoms in total. The van der Waals surface area contributed by atoms with E-state index in [1.165, 1.54) is 0 Å². The van der Waals surface area contributed by atoms with Crippen molar-refractivity contribution in [3.63, 3.8) is 0 Å². The maximum Gasteiger partial charge on any atom is 0.899 e. The topological polar surface area (TPSA) is 55.4 Å². The first-order valence-corrected chi connectivity index (χ1v) is 11.5. The fraction of sp³-hybridized carbons (Fsp3) is 1.00. The Morgan fingerprint density at radius 1 is 0.682 bits per heavy atom. The van der Waals surface area contributed by atoms with Gasteiger partial charge in [0.05, 0.1) is 0 Å². The Morgan fingerprint density at radius 2 is 1.09 bits per heavy atom. The van der Waals surface area contributed by atoms with Crippen LogP contribution in [0.25, 0.3) is 0 Å². The predicted octanol–water partition coefficient (Wildman–Crippen LogP) is 3.17. The van der Waals surface area contributed by atoms with Crippen molar-refractivity contribution in [2.24, 2.45) is 0 Å². The molecule has 0 aliphatic carbocycles. The lowest BCUT2D eigenvalue weighted by atomic mass is 10.4. The van der Waals surface area contributed by atoms with Crippen LogP contribution in [-0.4, -0.2) is 57.2 Å². The Bertz CT molecular complexity index is 220. The molecule has 0 spiro atoms. The van der Waals surface area contributed by atoms with E-state index in [1.807, 2.05) is 20.8 Å². The third kappa shape index (κ3) is 10.3. The summed E-state index contributed by atoms with van der Waals surface area (Å²) < 4.78 is 34.7. The van der Waals surface area contributed by atoms with Crippen molar-refractivity contribution in [1.29, 1.82) is 0 Å². The molecule has 0 radical (unpaired) electrons. The van der Waals surface area contributed by atoms with Gasteiger partial charge < -0.3 is 24.3 Å². The zero-order valence-electron chi connectivity index (χ0n) is 14.9. The molecule has 132 valence electrons. The van der Waals surface area contributed by atoms with Crippen LogP contribution >= 0.6 is 0 Å². The fourth-order valence-corrected chi connectivity index (χ4v) is 6.07. The summed E-state index contributed by atoms with van der Waals surface area (Å²) in [5.74, 6) is 0. The zero-order valence-corrected chi connectivity index (χ0v) is 17.0. The average Bonchev–Trinajstić information content (AvgIpc) is 2.48. The molecule has 0 N–H and O–H groups in total. The standard InChI is InChI=1S/C6H15O4Si.2C4H9O.Al/c1-4-8-11(7,9-5-2)10-6-3;2*1-2-3-4-5;/h4-6H2,1-3H3;2*2-4H2,1H3;/q3*-1;+3. The van der Waals surface area contributed by atoms with E-state index in [2.05, 4.69) is 13.8 Å². The molecule has 0 saturated carbocycles. The van der Waals surface area contributed by atoms with E-state index >= 15 is 0 Å². The minimum atomic E-state index is -3.17. The Hall–Kier alpha value is 0.509. The zero-order chi connectivity index (χ0) is 16.7. The molecule has 8 heteroatoms. The quantitative estimate of drug-likeness (QED) is 0.314. The van der Waals surface area contributed by atoms with Crippen LogP contribution in [0.4, 0.5) is 0 Å². The second-order valence-corrected chi connectivity index (χ2v) is 8.71. The first kappa shape index (κ1) is 22.5. The van der Waals surface area contributed by atoms with E-state index in [4.69, 9.17) is 24.3 Å². The molecule has 0 atom stereocenters. The Morgan fingerprint density at radius 3 is 1.41 bits per heavy atom. The molecule has 0 aromatic carbocycles. The van der Waals surface area contributed by atoms with Crippen LogP contribution in [0, 0.1) is 0 Å². The highest BCUT2D eigenvalue weighted by molar-refractivity contribution is 6.62. The van der Waals surface area contributed by atoms with Gasteiger partial charge in [0.1, 0.15) is 0 Å². The SMILES string of the molecule is CCCC[O][Al]([O]CCCC)[O][Si](OCC)(OCC)OCC. The van der Waals surface area contributed by atoms with Gasteiger partial charge in [-0.3, -0.25) is 0 Å². The van der Waals surface area contributed by atoms with Gasteiger partial charge in [0.15, 0.2) is 0 Å². The molecular formula is C14H33AlO6Si. The van der Waals surface area contributed by atoms with Gasteiger partial charge in [-0.25, -0.2) is 0 Å². The number of rotatable bonds is 16. The van der Waals surface area contributed by atoms with Crippen molar-refractivity contribution in [2.45, 2.75) is 60.3 Å². The normalized spacial score (nSPS) is 11.9. The highest BCUT2D eigenvalue weighted by Gasteiger charge is 2.52. The van der Waals surface area contributed by atoms with Crippen LogP contribution in [0.2, 0.25) is 0 Å². The summed E-state index contributed by atoms with van der Waals surface area (Å²) in [6, 6.07) is 0. The smallest absolute Gasteiger partial charge is 0.455 e. The van der Waals surface area contributed by atoms with Gasteiger partial charge in [-0.1, -0.05) is 26.7 Å². The van der Waals surface area contributed by atoms with Gasteiger partial charge >= 0.3 is 24.2 Å². The van der Waals surface area contributed by atoms with Crippen molar-refractivity contribution >= 4 is 24.2 Å². The molecule has 0 aromatic rings. The first-order chi connectivity index (χ1) is 10.7. The van der Waals surface area contributed by atoms with Crippen molar-refractivity contribution in [3.8, 4) is 0 Å².